The van der Waals surface area contributed by atoms with Gasteiger partial charge < -0.3 is 0 Å². The van der Waals surface area contributed by atoms with Crippen LogP contribution in [0.3, 0.4) is 0 Å². The summed E-state index contributed by atoms with van der Waals surface area (Å²) in [5.74, 6) is 1.53. The summed E-state index contributed by atoms with van der Waals surface area (Å²) in [7, 11) is 0. The molecule has 0 amide bonds. The lowest BCUT2D eigenvalue weighted by molar-refractivity contribution is 1.07. The molecule has 59 heavy (non-hydrogen) atoms. The zero-order valence-corrected chi connectivity index (χ0v) is 32.0. The van der Waals surface area contributed by atoms with Crippen LogP contribution in [0, 0.1) is 0 Å². The number of pyridine rings is 3. The van der Waals surface area contributed by atoms with Gasteiger partial charge in [-0.1, -0.05) is 152 Å². The zero-order chi connectivity index (χ0) is 39.4. The molecule has 0 aliphatic rings. The first-order chi connectivity index (χ1) is 29.2. The fraction of sp³-hybridized carbons (Fsp3) is 0. The third-order valence-electron chi connectivity index (χ3n) is 10.7. The largest absolute Gasteiger partial charge is 0.275 e. The number of benzene rings is 6. The number of hydrogen-bond donors (Lipinski definition) is 0. The van der Waals surface area contributed by atoms with Crippen LogP contribution in [0.15, 0.2) is 219 Å². The van der Waals surface area contributed by atoms with E-state index in [0.717, 1.165) is 95.2 Å². The summed E-state index contributed by atoms with van der Waals surface area (Å²) in [6.07, 6.45) is 11.1. The highest BCUT2D eigenvalue weighted by atomic mass is 15.3. The summed E-state index contributed by atoms with van der Waals surface area (Å²) in [5, 5.41) is 9.64. The highest BCUT2D eigenvalue weighted by Gasteiger charge is 2.18. The molecule has 6 heteroatoms. The maximum Gasteiger partial charge on any atom is 0.168 e. The minimum Gasteiger partial charge on any atom is -0.275 e. The van der Waals surface area contributed by atoms with E-state index in [1.807, 2.05) is 36.8 Å². The summed E-state index contributed by atoms with van der Waals surface area (Å²) in [6.45, 7) is 0. The molecule has 10 rings (SSSR count). The van der Waals surface area contributed by atoms with Crippen LogP contribution in [0.4, 0.5) is 0 Å². The summed E-state index contributed by atoms with van der Waals surface area (Å²) in [5.41, 5.74) is 16.4. The average Bonchev–Trinajstić information content (AvgIpc) is 3.78. The van der Waals surface area contributed by atoms with Crippen molar-refractivity contribution in [1.29, 1.82) is 0 Å². The summed E-state index contributed by atoms with van der Waals surface area (Å²) in [4.78, 5) is 12.8. The Morgan fingerprint density at radius 3 is 0.729 bits per heavy atom. The van der Waals surface area contributed by atoms with Crippen LogP contribution in [0.5, 0.6) is 0 Å². The fourth-order valence-electron chi connectivity index (χ4n) is 7.50. The van der Waals surface area contributed by atoms with Crippen molar-refractivity contribution in [3.63, 3.8) is 0 Å². The van der Waals surface area contributed by atoms with Gasteiger partial charge in [0, 0.05) is 54.0 Å². The third-order valence-corrected chi connectivity index (χ3v) is 10.7. The predicted molar refractivity (Wildman–Crippen MR) is 238 cm³/mol. The van der Waals surface area contributed by atoms with Crippen molar-refractivity contribution in [3.8, 4) is 95.2 Å². The van der Waals surface area contributed by atoms with E-state index < -0.39 is 0 Å². The topological polar surface area (TPSA) is 69.4 Å². The Morgan fingerprint density at radius 1 is 0.237 bits per heavy atom. The van der Waals surface area contributed by atoms with Gasteiger partial charge in [0.2, 0.25) is 0 Å². The van der Waals surface area contributed by atoms with Crippen LogP contribution in [0.1, 0.15) is 0 Å². The van der Waals surface area contributed by atoms with Crippen molar-refractivity contribution in [1.82, 2.24) is 29.7 Å². The van der Waals surface area contributed by atoms with Gasteiger partial charge >= 0.3 is 0 Å². The lowest BCUT2D eigenvalue weighted by atomic mass is 9.99. The van der Waals surface area contributed by atoms with Crippen molar-refractivity contribution in [2.24, 2.45) is 0 Å². The normalized spacial score (nSPS) is 11.1. The molecule has 4 aromatic heterocycles. The molecular formula is C53H36N6. The van der Waals surface area contributed by atoms with Gasteiger partial charge in [-0.25, -0.2) is 0 Å². The van der Waals surface area contributed by atoms with E-state index in [-0.39, 0.29) is 0 Å². The van der Waals surface area contributed by atoms with E-state index in [4.69, 9.17) is 10.2 Å². The third kappa shape index (κ3) is 7.34. The van der Waals surface area contributed by atoms with Crippen LogP contribution in [0.25, 0.3) is 95.2 Å². The van der Waals surface area contributed by atoms with Crippen molar-refractivity contribution >= 4 is 0 Å². The van der Waals surface area contributed by atoms with E-state index in [1.165, 1.54) is 0 Å². The van der Waals surface area contributed by atoms with Crippen molar-refractivity contribution in [2.45, 2.75) is 0 Å². The Morgan fingerprint density at radius 2 is 0.475 bits per heavy atom. The molecule has 0 saturated carbocycles. The van der Waals surface area contributed by atoms with Gasteiger partial charge in [0.15, 0.2) is 11.6 Å². The Kier molecular flexibility index (Phi) is 9.47. The smallest absolute Gasteiger partial charge is 0.168 e. The molecule has 6 aromatic carbocycles. The van der Waals surface area contributed by atoms with Gasteiger partial charge in [-0.3, -0.25) is 19.5 Å². The Bertz CT molecular complexity index is 2800. The molecule has 0 bridgehead atoms. The van der Waals surface area contributed by atoms with Crippen molar-refractivity contribution in [2.75, 3.05) is 0 Å². The highest BCUT2D eigenvalue weighted by Crippen LogP contribution is 2.34. The quantitative estimate of drug-likeness (QED) is 0.147. The molecule has 0 N–H and O–H groups in total. The molecule has 278 valence electrons. The molecule has 4 heterocycles. The molecule has 0 atom stereocenters. The van der Waals surface area contributed by atoms with Gasteiger partial charge in [-0.05, 0) is 97.1 Å². The second-order valence-corrected chi connectivity index (χ2v) is 14.3. The molecular weight excluding hydrogens is 721 g/mol. The van der Waals surface area contributed by atoms with E-state index in [1.54, 1.807) is 18.6 Å². The SMILES string of the molecule is c1cncc(-c2ccc(-c3ccc(-c4nnc(-c5ccc(-c6ccc(-c7cccnc7)cc6)cc5)n4-c4ccc(-c5ccc(-c6cccnc6)cc5)cc4)cc3)cc2)c1. The first-order valence-corrected chi connectivity index (χ1v) is 19.5. The van der Waals surface area contributed by atoms with Gasteiger partial charge in [-0.2, -0.15) is 0 Å². The van der Waals surface area contributed by atoms with E-state index in [2.05, 4.69) is 183 Å². The molecule has 0 fully saturated rings. The lowest BCUT2D eigenvalue weighted by Crippen LogP contribution is -2.00. The Hall–Kier alpha value is -8.09. The van der Waals surface area contributed by atoms with Gasteiger partial charge in [0.25, 0.3) is 0 Å². The first-order valence-electron chi connectivity index (χ1n) is 19.5. The minimum atomic E-state index is 0.766. The number of rotatable bonds is 9. The van der Waals surface area contributed by atoms with Crippen LogP contribution >= 0.6 is 0 Å². The molecule has 0 aliphatic carbocycles. The lowest BCUT2D eigenvalue weighted by Gasteiger charge is -2.13. The van der Waals surface area contributed by atoms with Gasteiger partial charge in [0.05, 0.1) is 0 Å². The molecule has 0 unspecified atom stereocenters. The first kappa shape index (κ1) is 35.3. The second kappa shape index (κ2) is 15.8. The van der Waals surface area contributed by atoms with Crippen LogP contribution < -0.4 is 0 Å². The predicted octanol–water partition coefficient (Wildman–Crippen LogP) is 12.8. The van der Waals surface area contributed by atoms with Crippen molar-refractivity contribution in [3.05, 3.63) is 219 Å². The molecule has 10 aromatic rings. The standard InChI is InChI=1S/C53H36N6/c1-4-48(34-54-31-1)43-13-7-37(8-14-43)40-19-23-46(24-20-40)52-57-58-53(47-25-21-41(22-26-47)38-9-15-44(16-10-38)49-5-2-32-55-35-49)59(52)51-29-27-42(28-30-51)39-11-17-45(18-12-39)50-6-3-33-56-36-50/h1-36H. The second-order valence-electron chi connectivity index (χ2n) is 14.3. The Labute approximate surface area is 342 Å². The maximum atomic E-state index is 4.82. The fourth-order valence-corrected chi connectivity index (χ4v) is 7.50. The van der Waals surface area contributed by atoms with Crippen LogP contribution in [-0.4, -0.2) is 29.7 Å². The Balaban J connectivity index is 0.975. The average molecular weight is 757 g/mol. The molecule has 0 saturated heterocycles. The molecule has 0 spiro atoms. The minimum absolute atomic E-state index is 0.766. The maximum absolute atomic E-state index is 4.82. The van der Waals surface area contributed by atoms with E-state index >= 15 is 0 Å². The van der Waals surface area contributed by atoms with Gasteiger partial charge in [0.1, 0.15) is 0 Å². The summed E-state index contributed by atoms with van der Waals surface area (Å²) in [6, 6.07) is 63.7. The van der Waals surface area contributed by atoms with Gasteiger partial charge in [-0.15, -0.1) is 10.2 Å². The molecule has 0 aliphatic heterocycles. The highest BCUT2D eigenvalue weighted by molar-refractivity contribution is 5.76. The number of aromatic nitrogens is 6. The summed E-state index contributed by atoms with van der Waals surface area (Å²) >= 11 is 0. The number of nitrogens with zero attached hydrogens (tertiary/aromatic N) is 6. The van der Waals surface area contributed by atoms with E-state index in [0.29, 0.717) is 0 Å². The molecule has 0 radical (unpaired) electrons. The van der Waals surface area contributed by atoms with Crippen LogP contribution in [0.2, 0.25) is 0 Å². The van der Waals surface area contributed by atoms with Crippen LogP contribution in [-0.2, 0) is 0 Å². The summed E-state index contributed by atoms with van der Waals surface area (Å²) < 4.78 is 2.16. The molecule has 6 nitrogen and oxygen atoms in total. The number of hydrogen-bond acceptors (Lipinski definition) is 5. The zero-order valence-electron chi connectivity index (χ0n) is 32.0. The van der Waals surface area contributed by atoms with Crippen molar-refractivity contribution < 1.29 is 0 Å². The van der Waals surface area contributed by atoms with E-state index in [9.17, 15) is 0 Å². The monoisotopic (exact) mass is 756 g/mol.